The molecule has 1 saturated heterocycles. The smallest absolute Gasteiger partial charge is 0.256 e. The lowest BCUT2D eigenvalue weighted by atomic mass is 10.1. The fourth-order valence-corrected chi connectivity index (χ4v) is 4.80. The highest BCUT2D eigenvalue weighted by Gasteiger charge is 2.42. The summed E-state index contributed by atoms with van der Waals surface area (Å²) in [6, 6.07) is 6.50. The van der Waals surface area contributed by atoms with Gasteiger partial charge in [0.25, 0.3) is 5.91 Å². The number of para-hydroxylation sites is 1. The van der Waals surface area contributed by atoms with Crippen LogP contribution in [0.3, 0.4) is 0 Å². The Bertz CT molecular complexity index is 955. The number of anilines is 2. The Morgan fingerprint density at radius 3 is 2.86 bits per heavy atom. The Hall–Kier alpha value is -2.74. The van der Waals surface area contributed by atoms with Crippen LogP contribution in [0.25, 0.3) is 0 Å². The van der Waals surface area contributed by atoms with Crippen molar-refractivity contribution in [3.8, 4) is 0 Å². The number of carbonyl (C=O) groups excluding carboxylic acids is 3. The van der Waals surface area contributed by atoms with Gasteiger partial charge >= 0.3 is 0 Å². The second-order valence-electron chi connectivity index (χ2n) is 7.02. The largest absolute Gasteiger partial charge is 0.327 e. The van der Waals surface area contributed by atoms with Crippen LogP contribution >= 0.6 is 11.3 Å². The molecule has 4 rings (SSSR count). The average Bonchev–Trinajstić information content (AvgIpc) is 3.29. The Morgan fingerprint density at radius 1 is 1.32 bits per heavy atom. The first kappa shape index (κ1) is 18.6. The minimum absolute atomic E-state index is 0.141. The van der Waals surface area contributed by atoms with Gasteiger partial charge in [-0.15, -0.1) is 11.3 Å². The first-order valence-corrected chi connectivity index (χ1v) is 10.3. The van der Waals surface area contributed by atoms with Crippen molar-refractivity contribution in [1.29, 1.82) is 0 Å². The Balaban J connectivity index is 1.61. The zero-order valence-electron chi connectivity index (χ0n) is 15.9. The number of carbonyl (C=O) groups is 3. The van der Waals surface area contributed by atoms with Gasteiger partial charge in [-0.3, -0.25) is 14.4 Å². The molecule has 2 aliphatic heterocycles. The fraction of sp³-hybridized carbons (Fsp3) is 0.400. The maximum absolute atomic E-state index is 13.2. The lowest BCUT2D eigenvalue weighted by molar-refractivity contribution is -0.124. The molecule has 0 bridgehead atoms. The number of thiazole rings is 1. The molecular weight excluding hydrogens is 376 g/mol. The summed E-state index contributed by atoms with van der Waals surface area (Å²) in [5.41, 5.74) is 1.92. The summed E-state index contributed by atoms with van der Waals surface area (Å²) in [4.78, 5) is 47.3. The average molecular weight is 398 g/mol. The van der Waals surface area contributed by atoms with Gasteiger partial charge in [0.1, 0.15) is 12.6 Å². The van der Waals surface area contributed by atoms with E-state index in [4.69, 9.17) is 0 Å². The molecule has 0 aliphatic carbocycles. The normalized spacial score (nSPS) is 18.7. The minimum atomic E-state index is -0.499. The van der Waals surface area contributed by atoms with Gasteiger partial charge in [0.2, 0.25) is 11.8 Å². The van der Waals surface area contributed by atoms with E-state index in [0.29, 0.717) is 29.3 Å². The number of aryl methyl sites for hydroxylation is 2. The summed E-state index contributed by atoms with van der Waals surface area (Å²) in [5.74, 6) is -0.661. The number of aromatic nitrogens is 1. The number of benzene rings is 1. The molecule has 146 valence electrons. The molecule has 1 fully saturated rings. The van der Waals surface area contributed by atoms with Gasteiger partial charge in [-0.25, -0.2) is 4.98 Å². The molecule has 0 saturated carbocycles. The molecular formula is C20H22N4O3S. The van der Waals surface area contributed by atoms with Crippen LogP contribution in [-0.2, 0) is 16.0 Å². The SMILES string of the molecule is CCc1nc(NC(=O)CN2C(=O)C3CCCN3C(=O)c3ccccc32)sc1C. The van der Waals surface area contributed by atoms with Crippen molar-refractivity contribution in [3.05, 3.63) is 40.4 Å². The van der Waals surface area contributed by atoms with Gasteiger partial charge in [-0.1, -0.05) is 19.1 Å². The summed E-state index contributed by atoms with van der Waals surface area (Å²) in [5, 5.41) is 3.34. The number of amides is 3. The standard InChI is InChI=1S/C20H22N4O3S/c1-3-14-12(2)28-20(21-14)22-17(25)11-24-15-8-5-4-7-13(15)18(26)23-10-6-9-16(23)19(24)27/h4-5,7-8,16H,3,6,9-11H2,1-2H3,(H,21,22,25). The predicted octanol–water partition coefficient (Wildman–Crippen LogP) is 2.60. The molecule has 7 nitrogen and oxygen atoms in total. The molecule has 0 radical (unpaired) electrons. The van der Waals surface area contributed by atoms with Crippen LogP contribution in [0.4, 0.5) is 10.8 Å². The van der Waals surface area contributed by atoms with Gasteiger partial charge in [0.15, 0.2) is 5.13 Å². The highest BCUT2D eigenvalue weighted by atomic mass is 32.1. The lowest BCUT2D eigenvalue weighted by Crippen LogP contribution is -2.47. The van der Waals surface area contributed by atoms with Crippen molar-refractivity contribution in [2.24, 2.45) is 0 Å². The lowest BCUT2D eigenvalue weighted by Gasteiger charge is -2.25. The van der Waals surface area contributed by atoms with Gasteiger partial charge in [-0.2, -0.15) is 0 Å². The van der Waals surface area contributed by atoms with E-state index in [-0.39, 0.29) is 24.3 Å². The monoisotopic (exact) mass is 398 g/mol. The molecule has 8 heteroatoms. The number of fused-ring (bicyclic) bond motifs is 2. The molecule has 2 aromatic rings. The van der Waals surface area contributed by atoms with Crippen molar-refractivity contribution in [2.45, 2.75) is 39.2 Å². The quantitative estimate of drug-likeness (QED) is 0.858. The maximum Gasteiger partial charge on any atom is 0.256 e. The molecule has 1 aromatic heterocycles. The third-order valence-electron chi connectivity index (χ3n) is 5.27. The van der Waals surface area contributed by atoms with Crippen molar-refractivity contribution in [2.75, 3.05) is 23.3 Å². The molecule has 0 spiro atoms. The fourth-order valence-electron chi connectivity index (χ4n) is 3.88. The van der Waals surface area contributed by atoms with Crippen molar-refractivity contribution in [1.82, 2.24) is 9.88 Å². The van der Waals surface area contributed by atoms with Crippen LogP contribution in [-0.4, -0.2) is 46.7 Å². The molecule has 2 aliphatic rings. The zero-order chi connectivity index (χ0) is 19.8. The molecule has 3 amide bonds. The van der Waals surface area contributed by atoms with Gasteiger partial charge in [0, 0.05) is 11.4 Å². The second-order valence-corrected chi connectivity index (χ2v) is 8.22. The minimum Gasteiger partial charge on any atom is -0.327 e. The van der Waals surface area contributed by atoms with E-state index < -0.39 is 6.04 Å². The first-order chi connectivity index (χ1) is 13.5. The number of hydrogen-bond acceptors (Lipinski definition) is 5. The Morgan fingerprint density at radius 2 is 2.11 bits per heavy atom. The first-order valence-electron chi connectivity index (χ1n) is 9.47. The predicted molar refractivity (Wildman–Crippen MR) is 108 cm³/mol. The van der Waals surface area contributed by atoms with Gasteiger partial charge < -0.3 is 15.1 Å². The van der Waals surface area contributed by atoms with Gasteiger partial charge in [-0.05, 0) is 38.3 Å². The number of nitrogens with zero attached hydrogens (tertiary/aromatic N) is 3. The van der Waals surface area contributed by atoms with Crippen LogP contribution in [0.5, 0.6) is 0 Å². The van der Waals surface area contributed by atoms with E-state index in [1.165, 1.54) is 16.2 Å². The highest BCUT2D eigenvalue weighted by molar-refractivity contribution is 7.15. The van der Waals surface area contributed by atoms with Crippen molar-refractivity contribution >= 4 is 39.9 Å². The van der Waals surface area contributed by atoms with Crippen LogP contribution in [0.1, 0.15) is 40.7 Å². The molecule has 1 unspecified atom stereocenters. The molecule has 1 atom stereocenters. The highest BCUT2D eigenvalue weighted by Crippen LogP contribution is 2.32. The number of hydrogen-bond donors (Lipinski definition) is 1. The maximum atomic E-state index is 13.2. The number of rotatable bonds is 4. The number of nitrogens with one attached hydrogen (secondary N) is 1. The van der Waals surface area contributed by atoms with Gasteiger partial charge in [0.05, 0.1) is 16.9 Å². The van der Waals surface area contributed by atoms with E-state index in [2.05, 4.69) is 10.3 Å². The van der Waals surface area contributed by atoms with E-state index in [1.54, 1.807) is 29.2 Å². The summed E-state index contributed by atoms with van der Waals surface area (Å²) < 4.78 is 0. The van der Waals surface area contributed by atoms with Crippen molar-refractivity contribution < 1.29 is 14.4 Å². The molecule has 1 N–H and O–H groups in total. The third-order valence-corrected chi connectivity index (χ3v) is 6.19. The summed E-state index contributed by atoms with van der Waals surface area (Å²) in [6.07, 6.45) is 2.22. The summed E-state index contributed by atoms with van der Waals surface area (Å²) >= 11 is 1.43. The molecule has 3 heterocycles. The van der Waals surface area contributed by atoms with Crippen LogP contribution in [0, 0.1) is 6.92 Å². The third kappa shape index (κ3) is 3.17. The van der Waals surface area contributed by atoms with Crippen LogP contribution in [0.2, 0.25) is 0 Å². The van der Waals surface area contributed by atoms with E-state index in [0.717, 1.165) is 23.4 Å². The van der Waals surface area contributed by atoms with Crippen molar-refractivity contribution in [3.63, 3.8) is 0 Å². The topological polar surface area (TPSA) is 82.6 Å². The second kappa shape index (κ2) is 7.35. The van der Waals surface area contributed by atoms with E-state index in [1.807, 2.05) is 13.8 Å². The molecule has 1 aromatic carbocycles. The van der Waals surface area contributed by atoms with E-state index >= 15 is 0 Å². The van der Waals surface area contributed by atoms with Crippen LogP contribution in [0.15, 0.2) is 24.3 Å². The Kier molecular flexibility index (Phi) is 4.89. The zero-order valence-corrected chi connectivity index (χ0v) is 16.7. The summed E-state index contributed by atoms with van der Waals surface area (Å²) in [6.45, 7) is 4.42. The van der Waals surface area contributed by atoms with E-state index in [9.17, 15) is 14.4 Å². The van der Waals surface area contributed by atoms with Crippen LogP contribution < -0.4 is 10.2 Å². The summed E-state index contributed by atoms with van der Waals surface area (Å²) in [7, 11) is 0. The molecule has 28 heavy (non-hydrogen) atoms. The Labute approximate surface area is 167 Å².